The molecule has 3 aromatic carbocycles. The number of benzene rings is 3. The predicted molar refractivity (Wildman–Crippen MR) is 143 cm³/mol. The van der Waals surface area contributed by atoms with E-state index >= 15 is 0 Å². The van der Waals surface area contributed by atoms with Gasteiger partial charge in [0.2, 0.25) is 0 Å². The van der Waals surface area contributed by atoms with Crippen molar-refractivity contribution < 1.29 is 14.2 Å². The van der Waals surface area contributed by atoms with E-state index in [1.54, 1.807) is 7.11 Å². The highest BCUT2D eigenvalue weighted by Gasteiger charge is 2.21. The summed E-state index contributed by atoms with van der Waals surface area (Å²) in [6, 6.07) is 29.3. The molecule has 36 heavy (non-hydrogen) atoms. The van der Waals surface area contributed by atoms with E-state index in [9.17, 15) is 0 Å². The molecule has 0 aliphatic heterocycles. The summed E-state index contributed by atoms with van der Waals surface area (Å²) in [7, 11) is 1.71. The molecular formula is C32H33NO3. The summed E-state index contributed by atoms with van der Waals surface area (Å²) >= 11 is 0. The second-order valence-corrected chi connectivity index (χ2v) is 9.39. The molecule has 1 unspecified atom stereocenters. The van der Waals surface area contributed by atoms with Crippen molar-refractivity contribution in [3.63, 3.8) is 0 Å². The first-order valence-corrected chi connectivity index (χ1v) is 12.8. The summed E-state index contributed by atoms with van der Waals surface area (Å²) < 4.78 is 18.1. The van der Waals surface area contributed by atoms with Crippen LogP contribution in [0.4, 0.5) is 0 Å². The van der Waals surface area contributed by atoms with Gasteiger partial charge in [-0.2, -0.15) is 0 Å². The molecule has 1 atom stereocenters. The van der Waals surface area contributed by atoms with Crippen LogP contribution in [0, 0.1) is 0 Å². The molecule has 184 valence electrons. The van der Waals surface area contributed by atoms with E-state index in [0.29, 0.717) is 6.61 Å². The summed E-state index contributed by atoms with van der Waals surface area (Å²) in [6.07, 6.45) is 9.53. The molecule has 4 heteroatoms. The first-order chi connectivity index (χ1) is 17.8. The number of nitrogens with zero attached hydrogens (tertiary/aromatic N) is 1. The Labute approximate surface area is 213 Å². The lowest BCUT2D eigenvalue weighted by Crippen LogP contribution is -2.12. The average Bonchev–Trinajstić information content (AvgIpc) is 3.45. The second kappa shape index (κ2) is 11.8. The maximum absolute atomic E-state index is 6.41. The molecule has 0 saturated heterocycles. The van der Waals surface area contributed by atoms with Crippen molar-refractivity contribution in [1.82, 2.24) is 4.98 Å². The van der Waals surface area contributed by atoms with Crippen molar-refractivity contribution in [2.75, 3.05) is 7.11 Å². The Bertz CT molecular complexity index is 1220. The van der Waals surface area contributed by atoms with Crippen LogP contribution in [0.5, 0.6) is 17.2 Å². The number of hydrogen-bond donors (Lipinski definition) is 0. The molecule has 1 aliphatic rings. The smallest absolute Gasteiger partial charge is 0.161 e. The van der Waals surface area contributed by atoms with E-state index in [1.807, 2.05) is 36.7 Å². The van der Waals surface area contributed by atoms with Crippen molar-refractivity contribution in [2.24, 2.45) is 0 Å². The van der Waals surface area contributed by atoms with Crippen LogP contribution in [0.25, 0.3) is 0 Å². The minimum absolute atomic E-state index is 0.160. The lowest BCUT2D eigenvalue weighted by atomic mass is 9.86. The number of methoxy groups -OCH3 is 1. The van der Waals surface area contributed by atoms with E-state index in [1.165, 1.54) is 29.5 Å². The van der Waals surface area contributed by atoms with Gasteiger partial charge < -0.3 is 14.2 Å². The van der Waals surface area contributed by atoms with Crippen LogP contribution in [-0.2, 0) is 13.0 Å². The summed E-state index contributed by atoms with van der Waals surface area (Å²) in [5.41, 5.74) is 4.84. The third-order valence-electron chi connectivity index (χ3n) is 6.91. The minimum atomic E-state index is 0.160. The summed E-state index contributed by atoms with van der Waals surface area (Å²) in [4.78, 5) is 4.20. The van der Waals surface area contributed by atoms with Gasteiger partial charge in [0, 0.05) is 18.3 Å². The first kappa shape index (κ1) is 23.9. The fraction of sp³-hybridized carbons (Fsp3) is 0.281. The zero-order chi connectivity index (χ0) is 24.6. The van der Waals surface area contributed by atoms with Crippen molar-refractivity contribution in [3.05, 3.63) is 120 Å². The van der Waals surface area contributed by atoms with Gasteiger partial charge in [0.15, 0.2) is 11.5 Å². The quantitative estimate of drug-likeness (QED) is 0.238. The number of aromatic nitrogens is 1. The largest absolute Gasteiger partial charge is 0.493 e. The van der Waals surface area contributed by atoms with Crippen molar-refractivity contribution in [2.45, 2.75) is 50.7 Å². The Morgan fingerprint density at radius 1 is 0.778 bits per heavy atom. The highest BCUT2D eigenvalue weighted by atomic mass is 16.5. The molecule has 4 nitrogen and oxygen atoms in total. The number of rotatable bonds is 10. The van der Waals surface area contributed by atoms with Crippen LogP contribution in [0.15, 0.2) is 97.3 Å². The molecule has 0 spiro atoms. The third kappa shape index (κ3) is 6.06. The molecule has 0 radical (unpaired) electrons. The number of hydrogen-bond acceptors (Lipinski definition) is 4. The molecule has 1 fully saturated rings. The maximum Gasteiger partial charge on any atom is 0.161 e. The molecule has 1 heterocycles. The van der Waals surface area contributed by atoms with E-state index in [-0.39, 0.29) is 12.0 Å². The number of pyridine rings is 1. The van der Waals surface area contributed by atoms with Crippen molar-refractivity contribution >= 4 is 0 Å². The average molecular weight is 480 g/mol. The van der Waals surface area contributed by atoms with Crippen molar-refractivity contribution in [3.8, 4) is 17.2 Å². The van der Waals surface area contributed by atoms with Gasteiger partial charge in [-0.3, -0.25) is 4.98 Å². The third-order valence-corrected chi connectivity index (χ3v) is 6.91. The summed E-state index contributed by atoms with van der Waals surface area (Å²) in [5, 5.41) is 0. The Morgan fingerprint density at radius 3 is 2.22 bits per heavy atom. The molecule has 0 bridgehead atoms. The molecule has 1 aliphatic carbocycles. The standard InChI is InChI=1S/C32H33NO3/c1-34-31-16-13-27(22-32(31)36-29-9-5-6-10-29)30(21-24-17-19-33-20-18-24)26-11-14-28(15-12-26)35-23-25-7-3-2-4-8-25/h2-4,7-8,11-20,22,29-30H,5-6,9-10,21,23H2,1H3. The van der Waals surface area contributed by atoms with Crippen LogP contribution >= 0.6 is 0 Å². The molecule has 0 amide bonds. The van der Waals surface area contributed by atoms with E-state index in [2.05, 4.69) is 65.6 Å². The predicted octanol–water partition coefficient (Wildman–Crippen LogP) is 7.37. The lowest BCUT2D eigenvalue weighted by molar-refractivity contribution is 0.200. The van der Waals surface area contributed by atoms with Crippen LogP contribution in [0.1, 0.15) is 53.9 Å². The van der Waals surface area contributed by atoms with Gasteiger partial charge in [-0.1, -0.05) is 48.5 Å². The zero-order valence-corrected chi connectivity index (χ0v) is 20.8. The molecule has 4 aromatic rings. The Balaban J connectivity index is 1.41. The van der Waals surface area contributed by atoms with E-state index in [4.69, 9.17) is 14.2 Å². The van der Waals surface area contributed by atoms with Crippen LogP contribution < -0.4 is 14.2 Å². The lowest BCUT2D eigenvalue weighted by Gasteiger charge is -2.22. The molecule has 5 rings (SSSR count). The highest BCUT2D eigenvalue weighted by molar-refractivity contribution is 5.47. The fourth-order valence-electron chi connectivity index (χ4n) is 4.91. The minimum Gasteiger partial charge on any atom is -0.493 e. The fourth-order valence-corrected chi connectivity index (χ4v) is 4.91. The van der Waals surface area contributed by atoms with Gasteiger partial charge >= 0.3 is 0 Å². The summed E-state index contributed by atoms with van der Waals surface area (Å²) in [6.45, 7) is 0.557. The first-order valence-electron chi connectivity index (χ1n) is 12.8. The van der Waals surface area contributed by atoms with E-state index in [0.717, 1.165) is 42.1 Å². The van der Waals surface area contributed by atoms with Gasteiger partial charge in [-0.05, 0) is 90.8 Å². The highest BCUT2D eigenvalue weighted by Crippen LogP contribution is 2.37. The zero-order valence-electron chi connectivity index (χ0n) is 20.8. The second-order valence-electron chi connectivity index (χ2n) is 9.39. The van der Waals surface area contributed by atoms with Crippen molar-refractivity contribution in [1.29, 1.82) is 0 Å². The van der Waals surface area contributed by atoms with Gasteiger partial charge in [0.25, 0.3) is 0 Å². The van der Waals surface area contributed by atoms with Gasteiger partial charge in [-0.25, -0.2) is 0 Å². The molecule has 0 N–H and O–H groups in total. The molecule has 1 saturated carbocycles. The van der Waals surface area contributed by atoms with E-state index < -0.39 is 0 Å². The molecule has 1 aromatic heterocycles. The molecular weight excluding hydrogens is 446 g/mol. The normalized spacial score (nSPS) is 14.4. The van der Waals surface area contributed by atoms with Gasteiger partial charge in [0.1, 0.15) is 12.4 Å². The van der Waals surface area contributed by atoms with Crippen LogP contribution in [0.2, 0.25) is 0 Å². The number of ether oxygens (including phenoxy) is 3. The van der Waals surface area contributed by atoms with Crippen LogP contribution in [0.3, 0.4) is 0 Å². The summed E-state index contributed by atoms with van der Waals surface area (Å²) in [5.74, 6) is 2.65. The SMILES string of the molecule is COc1ccc(C(Cc2ccncc2)c2ccc(OCc3ccccc3)cc2)cc1OC1CCCC1. The maximum atomic E-state index is 6.41. The Morgan fingerprint density at radius 2 is 1.50 bits per heavy atom. The van der Waals surface area contributed by atoms with Gasteiger partial charge in [-0.15, -0.1) is 0 Å². The monoisotopic (exact) mass is 479 g/mol. The topological polar surface area (TPSA) is 40.6 Å². The van der Waals surface area contributed by atoms with Crippen LogP contribution in [-0.4, -0.2) is 18.2 Å². The Kier molecular flexibility index (Phi) is 7.82. The Hall–Kier alpha value is -3.79. The van der Waals surface area contributed by atoms with Gasteiger partial charge in [0.05, 0.1) is 13.2 Å².